The predicted octanol–water partition coefficient (Wildman–Crippen LogP) is 3.00. The number of β-amino-alcohol motifs (C(OH)–C–C–N with tert-alkyl or cyclic N) is 1. The molecule has 210 valence electrons. The van der Waals surface area contributed by atoms with Gasteiger partial charge in [0.05, 0.1) is 17.8 Å². The summed E-state index contributed by atoms with van der Waals surface area (Å²) in [5.74, 6) is -0.292. The summed E-state index contributed by atoms with van der Waals surface area (Å²) in [5.41, 5.74) is 2.32. The number of piperidine rings is 1. The number of likely N-dealkylation sites (tertiary alicyclic amines) is 2. The lowest BCUT2D eigenvalue weighted by Crippen LogP contribution is -2.46. The number of ether oxygens (including phenoxy) is 2. The molecule has 2 atom stereocenters. The summed E-state index contributed by atoms with van der Waals surface area (Å²) in [6.45, 7) is 2.96. The Bertz CT molecular complexity index is 1230. The van der Waals surface area contributed by atoms with Gasteiger partial charge in [-0.25, -0.2) is 0 Å². The van der Waals surface area contributed by atoms with E-state index < -0.39 is 12.1 Å². The van der Waals surface area contributed by atoms with Crippen LogP contribution in [-0.4, -0.2) is 95.8 Å². The van der Waals surface area contributed by atoms with Crippen molar-refractivity contribution < 1.29 is 29.3 Å². The number of aromatic hydroxyl groups is 1. The molecule has 0 aliphatic carbocycles. The van der Waals surface area contributed by atoms with E-state index in [1.165, 1.54) is 28.7 Å². The molecule has 2 aromatic carbocycles. The molecule has 2 N–H and O–H groups in total. The standard InChI is InChI=1S/C29H36ClN3O6/c1-31(2)28(37)25-4-3-11-33(25)27(36)23-7-6-21(34)15-26(23)38-18-22(35)16-32-12-9-29(10-13-32)24-8-5-20(30)14-19(24)17-39-29/h5-8,14-15,22,25,34-35H,3-4,9-13,16-18H2,1-2H3/t22-,25-/m0/s1. The predicted molar refractivity (Wildman–Crippen MR) is 146 cm³/mol. The highest BCUT2D eigenvalue weighted by Gasteiger charge is 2.43. The number of phenolic OH excluding ortho intramolecular Hbond substituents is 1. The number of benzene rings is 2. The SMILES string of the molecule is CN(C)C(=O)[C@@H]1CCCN1C(=O)c1ccc(O)cc1OC[C@@H](O)CN1CCC2(CC1)OCc1cc(Cl)ccc12. The van der Waals surface area contributed by atoms with E-state index in [1.54, 1.807) is 19.0 Å². The van der Waals surface area contributed by atoms with Crippen LogP contribution in [0.5, 0.6) is 11.5 Å². The van der Waals surface area contributed by atoms with Crippen molar-refractivity contribution in [3.05, 3.63) is 58.1 Å². The van der Waals surface area contributed by atoms with Crippen molar-refractivity contribution in [3.63, 3.8) is 0 Å². The Morgan fingerprint density at radius 2 is 1.95 bits per heavy atom. The Hall–Kier alpha value is -2.85. The molecule has 2 aromatic rings. The van der Waals surface area contributed by atoms with E-state index in [-0.39, 0.29) is 41.1 Å². The second-order valence-corrected chi connectivity index (χ2v) is 11.4. The highest BCUT2D eigenvalue weighted by Crippen LogP contribution is 2.44. The van der Waals surface area contributed by atoms with Crippen LogP contribution in [0, 0.1) is 0 Å². The van der Waals surface area contributed by atoms with E-state index in [2.05, 4.69) is 11.0 Å². The van der Waals surface area contributed by atoms with E-state index >= 15 is 0 Å². The first kappa shape index (κ1) is 27.7. The molecule has 2 amide bonds. The zero-order valence-electron chi connectivity index (χ0n) is 22.4. The monoisotopic (exact) mass is 557 g/mol. The number of carbonyl (C=O) groups is 2. The molecule has 3 heterocycles. The van der Waals surface area contributed by atoms with Crippen LogP contribution < -0.4 is 4.74 Å². The molecule has 0 aromatic heterocycles. The van der Waals surface area contributed by atoms with Gasteiger partial charge in [-0.05, 0) is 61.1 Å². The summed E-state index contributed by atoms with van der Waals surface area (Å²) < 4.78 is 12.1. The number of fused-ring (bicyclic) bond motifs is 2. The molecule has 0 unspecified atom stereocenters. The van der Waals surface area contributed by atoms with E-state index in [4.69, 9.17) is 21.1 Å². The van der Waals surface area contributed by atoms with Gasteiger partial charge in [0.2, 0.25) is 5.91 Å². The van der Waals surface area contributed by atoms with Gasteiger partial charge in [-0.1, -0.05) is 17.7 Å². The number of hydrogen-bond acceptors (Lipinski definition) is 7. The summed E-state index contributed by atoms with van der Waals surface area (Å²) in [7, 11) is 3.36. The fourth-order valence-electron chi connectivity index (χ4n) is 5.99. The molecular formula is C29H36ClN3O6. The third kappa shape index (κ3) is 5.72. The molecule has 5 rings (SSSR count). The van der Waals surface area contributed by atoms with Gasteiger partial charge >= 0.3 is 0 Å². The molecule has 1 spiro atoms. The number of aliphatic hydroxyl groups is 1. The summed E-state index contributed by atoms with van der Waals surface area (Å²) >= 11 is 6.15. The maximum atomic E-state index is 13.4. The number of carbonyl (C=O) groups excluding carboxylic acids is 2. The van der Waals surface area contributed by atoms with Crippen LogP contribution in [0.15, 0.2) is 36.4 Å². The van der Waals surface area contributed by atoms with E-state index in [0.717, 1.165) is 37.9 Å². The molecule has 0 radical (unpaired) electrons. The highest BCUT2D eigenvalue weighted by atomic mass is 35.5. The number of amides is 2. The molecule has 2 saturated heterocycles. The van der Waals surface area contributed by atoms with Gasteiger partial charge in [-0.2, -0.15) is 0 Å². The van der Waals surface area contributed by atoms with E-state index in [1.807, 2.05) is 12.1 Å². The Morgan fingerprint density at radius 3 is 2.69 bits per heavy atom. The maximum Gasteiger partial charge on any atom is 0.258 e. The normalized spacial score (nSPS) is 21.1. The van der Waals surface area contributed by atoms with Crippen molar-refractivity contribution in [2.24, 2.45) is 0 Å². The van der Waals surface area contributed by atoms with Crippen LogP contribution in [0.2, 0.25) is 5.02 Å². The highest BCUT2D eigenvalue weighted by molar-refractivity contribution is 6.30. The van der Waals surface area contributed by atoms with Gasteiger partial charge in [-0.3, -0.25) is 9.59 Å². The van der Waals surface area contributed by atoms with Crippen molar-refractivity contribution in [1.29, 1.82) is 0 Å². The van der Waals surface area contributed by atoms with Gasteiger partial charge in [0.1, 0.15) is 30.3 Å². The van der Waals surface area contributed by atoms with Crippen molar-refractivity contribution in [1.82, 2.24) is 14.7 Å². The molecular weight excluding hydrogens is 522 g/mol. The van der Waals surface area contributed by atoms with Gasteiger partial charge in [0.15, 0.2) is 0 Å². The van der Waals surface area contributed by atoms with Crippen LogP contribution in [0.4, 0.5) is 0 Å². The van der Waals surface area contributed by atoms with Crippen molar-refractivity contribution >= 4 is 23.4 Å². The van der Waals surface area contributed by atoms with Crippen LogP contribution in [0.3, 0.4) is 0 Å². The minimum atomic E-state index is -0.796. The molecule has 2 fully saturated rings. The minimum Gasteiger partial charge on any atom is -0.508 e. The lowest BCUT2D eigenvalue weighted by Gasteiger charge is -2.39. The van der Waals surface area contributed by atoms with E-state index in [9.17, 15) is 19.8 Å². The summed E-state index contributed by atoms with van der Waals surface area (Å²) in [6, 6.07) is 9.75. The largest absolute Gasteiger partial charge is 0.508 e. The third-order valence-electron chi connectivity index (χ3n) is 8.06. The molecule has 10 heteroatoms. The zero-order valence-corrected chi connectivity index (χ0v) is 23.2. The maximum absolute atomic E-state index is 13.4. The number of hydrogen-bond donors (Lipinski definition) is 2. The summed E-state index contributed by atoms with van der Waals surface area (Å²) in [5, 5.41) is 21.5. The van der Waals surface area contributed by atoms with Gasteiger partial charge in [0.25, 0.3) is 5.91 Å². The fourth-order valence-corrected chi connectivity index (χ4v) is 6.19. The Morgan fingerprint density at radius 1 is 1.18 bits per heavy atom. The average molecular weight is 558 g/mol. The fraction of sp³-hybridized carbons (Fsp3) is 0.517. The number of likely N-dealkylation sites (N-methyl/N-ethyl adjacent to an activating group) is 1. The summed E-state index contributed by atoms with van der Waals surface area (Å²) in [6.07, 6.45) is 2.20. The summed E-state index contributed by atoms with van der Waals surface area (Å²) in [4.78, 5) is 31.3. The Kier molecular flexibility index (Phi) is 8.05. The first-order valence-corrected chi connectivity index (χ1v) is 13.9. The van der Waals surface area contributed by atoms with Crippen molar-refractivity contribution in [2.45, 2.75) is 50.0 Å². The van der Waals surface area contributed by atoms with Crippen molar-refractivity contribution in [2.75, 3.05) is 46.9 Å². The van der Waals surface area contributed by atoms with Crippen LogP contribution >= 0.6 is 11.6 Å². The first-order chi connectivity index (χ1) is 18.7. The van der Waals surface area contributed by atoms with Crippen LogP contribution in [0.1, 0.15) is 47.2 Å². The molecule has 9 nitrogen and oxygen atoms in total. The van der Waals surface area contributed by atoms with Crippen LogP contribution in [-0.2, 0) is 21.7 Å². The Labute approximate surface area is 233 Å². The molecule has 3 aliphatic rings. The smallest absolute Gasteiger partial charge is 0.258 e. The number of rotatable bonds is 7. The topological polar surface area (TPSA) is 103 Å². The first-order valence-electron chi connectivity index (χ1n) is 13.5. The molecule has 0 bridgehead atoms. The Balaban J connectivity index is 1.18. The lowest BCUT2D eigenvalue weighted by molar-refractivity contribution is -0.132. The quantitative estimate of drug-likeness (QED) is 0.539. The third-order valence-corrected chi connectivity index (χ3v) is 8.30. The second-order valence-electron chi connectivity index (χ2n) is 10.9. The molecule has 39 heavy (non-hydrogen) atoms. The average Bonchev–Trinajstić information content (AvgIpc) is 3.53. The zero-order chi connectivity index (χ0) is 27.7. The second kappa shape index (κ2) is 11.3. The lowest BCUT2D eigenvalue weighted by atomic mass is 9.84. The van der Waals surface area contributed by atoms with Gasteiger partial charge in [0, 0.05) is 51.4 Å². The number of phenols is 1. The van der Waals surface area contributed by atoms with Crippen LogP contribution in [0.25, 0.3) is 0 Å². The minimum absolute atomic E-state index is 0.0384. The number of aliphatic hydroxyl groups excluding tert-OH is 1. The van der Waals surface area contributed by atoms with Gasteiger partial charge in [-0.15, -0.1) is 0 Å². The van der Waals surface area contributed by atoms with Crippen molar-refractivity contribution in [3.8, 4) is 11.5 Å². The number of nitrogens with zero attached hydrogens (tertiary/aromatic N) is 3. The molecule has 3 aliphatic heterocycles. The number of halogens is 1. The molecule has 0 saturated carbocycles. The van der Waals surface area contributed by atoms with E-state index in [0.29, 0.717) is 31.1 Å². The van der Waals surface area contributed by atoms with Gasteiger partial charge < -0.3 is 34.4 Å².